The summed E-state index contributed by atoms with van der Waals surface area (Å²) in [5, 5.41) is 3.44. The van der Waals surface area contributed by atoms with Gasteiger partial charge >= 0.3 is 0 Å². The van der Waals surface area contributed by atoms with Crippen molar-refractivity contribution in [2.75, 3.05) is 24.5 Å². The van der Waals surface area contributed by atoms with Crippen LogP contribution in [-0.2, 0) is 0 Å². The number of rotatable bonds is 4. The zero-order valence-electron chi connectivity index (χ0n) is 11.5. The maximum atomic E-state index is 5.87. The molecule has 1 atom stereocenters. The van der Waals surface area contributed by atoms with Gasteiger partial charge in [-0.05, 0) is 32.4 Å². The zero-order chi connectivity index (χ0) is 13.0. The van der Waals surface area contributed by atoms with E-state index in [1.807, 2.05) is 32.2 Å². The van der Waals surface area contributed by atoms with E-state index < -0.39 is 0 Å². The number of ether oxygens (including phenoxy) is 1. The van der Waals surface area contributed by atoms with Crippen molar-refractivity contribution >= 4 is 5.82 Å². The molecule has 0 radical (unpaired) electrons. The van der Waals surface area contributed by atoms with Crippen molar-refractivity contribution in [2.45, 2.75) is 39.3 Å². The lowest BCUT2D eigenvalue weighted by atomic mass is 10.1. The maximum Gasteiger partial charge on any atom is 0.171 e. The fourth-order valence-electron chi connectivity index (χ4n) is 2.35. The summed E-state index contributed by atoms with van der Waals surface area (Å²) in [6.45, 7) is 9.33. The highest BCUT2D eigenvalue weighted by Gasteiger charge is 2.24. The molecule has 0 bridgehead atoms. The van der Waals surface area contributed by atoms with Crippen LogP contribution in [0.1, 0.15) is 27.2 Å². The summed E-state index contributed by atoms with van der Waals surface area (Å²) in [7, 11) is 0. The predicted octanol–water partition coefficient (Wildman–Crippen LogP) is 2.06. The third-order valence-electron chi connectivity index (χ3n) is 3.21. The maximum absolute atomic E-state index is 5.87. The Labute approximate surface area is 109 Å². The van der Waals surface area contributed by atoms with Gasteiger partial charge in [-0.15, -0.1) is 0 Å². The van der Waals surface area contributed by atoms with Gasteiger partial charge in [0, 0.05) is 31.9 Å². The average Bonchev–Trinajstić information content (AvgIpc) is 2.39. The van der Waals surface area contributed by atoms with Gasteiger partial charge in [-0.25, -0.2) is 4.98 Å². The van der Waals surface area contributed by atoms with Crippen molar-refractivity contribution < 1.29 is 4.74 Å². The van der Waals surface area contributed by atoms with Gasteiger partial charge in [0.05, 0.1) is 6.10 Å². The molecule has 1 fully saturated rings. The number of aromatic nitrogens is 1. The lowest BCUT2D eigenvalue weighted by Gasteiger charge is -2.37. The Balaban J connectivity index is 2.24. The first-order valence-electron chi connectivity index (χ1n) is 6.81. The zero-order valence-corrected chi connectivity index (χ0v) is 11.5. The molecule has 0 saturated carbocycles. The highest BCUT2D eigenvalue weighted by Crippen LogP contribution is 2.28. The van der Waals surface area contributed by atoms with E-state index in [1.165, 1.54) is 0 Å². The lowest BCUT2D eigenvalue weighted by Crippen LogP contribution is -2.51. The first-order chi connectivity index (χ1) is 8.72. The van der Waals surface area contributed by atoms with Gasteiger partial charge in [-0.1, -0.05) is 6.92 Å². The molecular formula is C14H23N3O. The van der Waals surface area contributed by atoms with Gasteiger partial charge in [-0.2, -0.15) is 0 Å². The first kappa shape index (κ1) is 13.1. The van der Waals surface area contributed by atoms with Crippen LogP contribution in [0.3, 0.4) is 0 Å². The monoisotopic (exact) mass is 249 g/mol. The second kappa shape index (κ2) is 6.05. The van der Waals surface area contributed by atoms with E-state index in [4.69, 9.17) is 4.74 Å². The fourth-order valence-corrected chi connectivity index (χ4v) is 2.35. The third-order valence-corrected chi connectivity index (χ3v) is 3.21. The molecular weight excluding hydrogens is 226 g/mol. The molecule has 1 unspecified atom stereocenters. The number of pyridine rings is 1. The van der Waals surface area contributed by atoms with Gasteiger partial charge in [0.15, 0.2) is 11.6 Å². The normalized spacial score (nSPS) is 20.2. The molecule has 0 aliphatic carbocycles. The molecule has 100 valence electrons. The van der Waals surface area contributed by atoms with Crippen LogP contribution in [0.2, 0.25) is 0 Å². The third kappa shape index (κ3) is 2.93. The Morgan fingerprint density at radius 3 is 3.11 bits per heavy atom. The summed E-state index contributed by atoms with van der Waals surface area (Å²) in [5.74, 6) is 1.88. The Morgan fingerprint density at radius 2 is 2.39 bits per heavy atom. The van der Waals surface area contributed by atoms with Gasteiger partial charge in [0.25, 0.3) is 0 Å². The summed E-state index contributed by atoms with van der Waals surface area (Å²) in [4.78, 5) is 6.90. The van der Waals surface area contributed by atoms with Crippen LogP contribution in [-0.4, -0.2) is 36.8 Å². The molecule has 1 aromatic rings. The van der Waals surface area contributed by atoms with Crippen molar-refractivity contribution in [3.63, 3.8) is 0 Å². The summed E-state index contributed by atoms with van der Waals surface area (Å²) in [6, 6.07) is 4.45. The van der Waals surface area contributed by atoms with E-state index in [-0.39, 0.29) is 6.10 Å². The Morgan fingerprint density at radius 1 is 1.56 bits per heavy atom. The van der Waals surface area contributed by atoms with Crippen LogP contribution in [0.5, 0.6) is 5.75 Å². The molecule has 0 aromatic carbocycles. The smallest absolute Gasteiger partial charge is 0.171 e. The van der Waals surface area contributed by atoms with Crippen molar-refractivity contribution in [2.24, 2.45) is 0 Å². The quantitative estimate of drug-likeness (QED) is 0.886. The van der Waals surface area contributed by atoms with Crippen molar-refractivity contribution in [3.05, 3.63) is 18.3 Å². The molecule has 4 heteroatoms. The van der Waals surface area contributed by atoms with Gasteiger partial charge in [0.1, 0.15) is 0 Å². The molecule has 18 heavy (non-hydrogen) atoms. The van der Waals surface area contributed by atoms with Crippen LogP contribution in [0.4, 0.5) is 5.82 Å². The topological polar surface area (TPSA) is 37.4 Å². The Kier molecular flexibility index (Phi) is 4.42. The number of anilines is 1. The molecule has 2 heterocycles. The largest absolute Gasteiger partial charge is 0.487 e. The van der Waals surface area contributed by atoms with Crippen LogP contribution in [0, 0.1) is 0 Å². The number of hydrogen-bond donors (Lipinski definition) is 1. The number of hydrogen-bond acceptors (Lipinski definition) is 4. The second-order valence-corrected chi connectivity index (χ2v) is 4.95. The number of nitrogens with zero attached hydrogens (tertiary/aromatic N) is 2. The van der Waals surface area contributed by atoms with E-state index in [0.29, 0.717) is 6.04 Å². The minimum atomic E-state index is 0.177. The number of nitrogens with one attached hydrogen (secondary N) is 1. The predicted molar refractivity (Wildman–Crippen MR) is 74.3 cm³/mol. The summed E-state index contributed by atoms with van der Waals surface area (Å²) in [5.41, 5.74) is 0. The summed E-state index contributed by atoms with van der Waals surface area (Å²) < 4.78 is 5.87. The average molecular weight is 249 g/mol. The van der Waals surface area contributed by atoms with Crippen molar-refractivity contribution in [3.8, 4) is 5.75 Å². The van der Waals surface area contributed by atoms with E-state index in [9.17, 15) is 0 Å². The Bertz CT molecular complexity index is 381. The molecule has 1 N–H and O–H groups in total. The first-order valence-corrected chi connectivity index (χ1v) is 6.81. The standard InChI is InChI=1S/C14H23N3O/c1-4-12-10-15-8-9-17(12)14-13(18-11(2)3)6-5-7-16-14/h5-7,11-12,15H,4,8-10H2,1-3H3. The highest BCUT2D eigenvalue weighted by molar-refractivity contribution is 5.53. The van der Waals surface area contributed by atoms with E-state index in [2.05, 4.69) is 22.1 Å². The van der Waals surface area contributed by atoms with Crippen molar-refractivity contribution in [1.82, 2.24) is 10.3 Å². The molecule has 1 aliphatic heterocycles. The van der Waals surface area contributed by atoms with Crippen LogP contribution < -0.4 is 15.0 Å². The van der Waals surface area contributed by atoms with Crippen LogP contribution in [0.25, 0.3) is 0 Å². The molecule has 1 saturated heterocycles. The highest BCUT2D eigenvalue weighted by atomic mass is 16.5. The van der Waals surface area contributed by atoms with E-state index in [0.717, 1.165) is 37.6 Å². The van der Waals surface area contributed by atoms with Gasteiger partial charge < -0.3 is 15.0 Å². The van der Waals surface area contributed by atoms with E-state index in [1.54, 1.807) is 0 Å². The van der Waals surface area contributed by atoms with Crippen molar-refractivity contribution in [1.29, 1.82) is 0 Å². The molecule has 0 spiro atoms. The minimum absolute atomic E-state index is 0.177. The van der Waals surface area contributed by atoms with Gasteiger partial charge in [0.2, 0.25) is 0 Å². The summed E-state index contributed by atoms with van der Waals surface area (Å²) in [6.07, 6.45) is 3.14. The molecule has 4 nitrogen and oxygen atoms in total. The lowest BCUT2D eigenvalue weighted by molar-refractivity contribution is 0.241. The van der Waals surface area contributed by atoms with Crippen LogP contribution >= 0.6 is 0 Å². The molecule has 0 amide bonds. The van der Waals surface area contributed by atoms with E-state index >= 15 is 0 Å². The summed E-state index contributed by atoms with van der Waals surface area (Å²) >= 11 is 0. The number of piperazine rings is 1. The van der Waals surface area contributed by atoms with Gasteiger partial charge in [-0.3, -0.25) is 0 Å². The minimum Gasteiger partial charge on any atom is -0.487 e. The Hall–Kier alpha value is -1.29. The van der Waals surface area contributed by atoms with Crippen LogP contribution in [0.15, 0.2) is 18.3 Å². The second-order valence-electron chi connectivity index (χ2n) is 4.95. The fraction of sp³-hybridized carbons (Fsp3) is 0.643. The molecule has 2 rings (SSSR count). The SMILES string of the molecule is CCC1CNCCN1c1ncccc1OC(C)C. The molecule has 1 aromatic heterocycles. The molecule has 1 aliphatic rings.